The van der Waals surface area contributed by atoms with Crippen molar-refractivity contribution < 1.29 is 32.3 Å². The maximum atomic E-state index is 15.3. The van der Waals surface area contributed by atoms with Gasteiger partial charge in [0.15, 0.2) is 5.82 Å². The number of hydrogen-bond acceptors (Lipinski definition) is 6. The minimum atomic E-state index is -2.71. The molecule has 2 aromatic heterocycles. The number of hydrogen-bond donors (Lipinski definition) is 3. The van der Waals surface area contributed by atoms with Gasteiger partial charge in [-0.2, -0.15) is 5.10 Å². The Balaban J connectivity index is 1.48. The predicted molar refractivity (Wildman–Crippen MR) is 133 cm³/mol. The van der Waals surface area contributed by atoms with Gasteiger partial charge in [0, 0.05) is 50.1 Å². The van der Waals surface area contributed by atoms with Gasteiger partial charge >= 0.3 is 6.09 Å². The summed E-state index contributed by atoms with van der Waals surface area (Å²) in [7, 11) is 0. The lowest BCUT2D eigenvalue weighted by molar-refractivity contribution is -0.0565. The molecule has 2 amide bonds. The van der Waals surface area contributed by atoms with Gasteiger partial charge in [-0.05, 0) is 36.2 Å². The minimum Gasteiger partial charge on any atom is -0.465 e. The van der Waals surface area contributed by atoms with E-state index >= 15 is 4.39 Å². The van der Waals surface area contributed by atoms with Gasteiger partial charge in [0.2, 0.25) is 0 Å². The van der Waals surface area contributed by atoms with Crippen molar-refractivity contribution in [2.75, 3.05) is 31.9 Å². The van der Waals surface area contributed by atoms with Crippen molar-refractivity contribution in [3.05, 3.63) is 47.0 Å². The Bertz CT molecular complexity index is 1440. The highest BCUT2D eigenvalue weighted by atomic mass is 19.3. The van der Waals surface area contributed by atoms with Crippen molar-refractivity contribution in [1.29, 1.82) is 0 Å². The van der Waals surface area contributed by atoms with Crippen LogP contribution in [-0.4, -0.2) is 85.8 Å². The monoisotopic (exact) mass is 549 g/mol. The van der Waals surface area contributed by atoms with Gasteiger partial charge < -0.3 is 21.1 Å². The van der Waals surface area contributed by atoms with Crippen LogP contribution in [0.2, 0.25) is 0 Å². The van der Waals surface area contributed by atoms with Crippen LogP contribution in [0.4, 0.5) is 28.2 Å². The second-order valence-electron chi connectivity index (χ2n) is 10.0. The van der Waals surface area contributed by atoms with Crippen molar-refractivity contribution in [1.82, 2.24) is 29.7 Å². The van der Waals surface area contributed by atoms with Crippen molar-refractivity contribution in [2.24, 2.45) is 0 Å². The Morgan fingerprint density at radius 1 is 1.21 bits per heavy atom. The van der Waals surface area contributed by atoms with Crippen molar-refractivity contribution in [2.45, 2.75) is 44.4 Å². The molecule has 14 heteroatoms. The first-order valence-electron chi connectivity index (χ1n) is 12.4. The number of aryl methyl sites for hydroxylation is 1. The van der Waals surface area contributed by atoms with E-state index < -0.39 is 36.0 Å². The van der Waals surface area contributed by atoms with E-state index in [1.54, 1.807) is 6.07 Å². The van der Waals surface area contributed by atoms with Crippen LogP contribution in [0, 0.1) is 12.7 Å². The number of likely N-dealkylation sites (tertiary alicyclic amines) is 2. The summed E-state index contributed by atoms with van der Waals surface area (Å²) < 4.78 is 58.4. The number of nitrogens with two attached hydrogens (primary N) is 1. The van der Waals surface area contributed by atoms with E-state index in [0.717, 1.165) is 4.90 Å². The van der Waals surface area contributed by atoms with E-state index in [2.05, 4.69) is 15.4 Å². The van der Waals surface area contributed by atoms with Crippen LogP contribution in [0.3, 0.4) is 0 Å². The van der Waals surface area contributed by atoms with Crippen LogP contribution < -0.4 is 11.1 Å². The molecule has 3 aromatic rings. The fourth-order valence-corrected chi connectivity index (χ4v) is 5.15. The SMILES string of the molecule is Cc1cc(F)c(-c2cc(CN3CCC(F)(F)CC3)c3c(N)ncnn23)cc1C(=O)N[C@@H]1CN(C(=O)O)C[C@@H]1F. The zero-order valence-corrected chi connectivity index (χ0v) is 21.0. The third kappa shape index (κ3) is 5.20. The number of carbonyl (C=O) groups is 2. The number of halogens is 4. The van der Waals surface area contributed by atoms with Crippen LogP contribution in [0.5, 0.6) is 0 Å². The van der Waals surface area contributed by atoms with Crippen LogP contribution >= 0.6 is 0 Å². The molecule has 2 aliphatic heterocycles. The zero-order valence-electron chi connectivity index (χ0n) is 21.0. The van der Waals surface area contributed by atoms with Gasteiger partial charge in [0.25, 0.3) is 11.8 Å². The number of nitrogens with zero attached hydrogens (tertiary/aromatic N) is 5. The maximum Gasteiger partial charge on any atom is 0.407 e. The third-order valence-corrected chi connectivity index (χ3v) is 7.31. The second-order valence-corrected chi connectivity index (χ2v) is 10.0. The Morgan fingerprint density at radius 3 is 2.59 bits per heavy atom. The van der Waals surface area contributed by atoms with Crippen LogP contribution in [-0.2, 0) is 6.54 Å². The number of carbonyl (C=O) groups excluding carboxylic acids is 1. The summed E-state index contributed by atoms with van der Waals surface area (Å²) in [5.41, 5.74) is 7.79. The van der Waals surface area contributed by atoms with E-state index in [1.165, 1.54) is 29.9 Å². The Labute approximate surface area is 220 Å². The van der Waals surface area contributed by atoms with Crippen LogP contribution in [0.25, 0.3) is 16.8 Å². The largest absolute Gasteiger partial charge is 0.465 e. The summed E-state index contributed by atoms with van der Waals surface area (Å²) >= 11 is 0. The molecule has 2 fully saturated rings. The minimum absolute atomic E-state index is 0.0191. The molecule has 208 valence electrons. The average Bonchev–Trinajstić information content (AvgIpc) is 3.42. The molecule has 0 spiro atoms. The van der Waals surface area contributed by atoms with Crippen molar-refractivity contribution in [3.8, 4) is 11.3 Å². The number of nitrogen functional groups attached to an aromatic ring is 1. The summed E-state index contributed by atoms with van der Waals surface area (Å²) in [4.78, 5) is 31.0. The smallest absolute Gasteiger partial charge is 0.407 e. The van der Waals surface area contributed by atoms with Gasteiger partial charge in [-0.1, -0.05) is 0 Å². The molecule has 4 N–H and O–H groups in total. The number of anilines is 1. The number of rotatable bonds is 5. The molecule has 2 saturated heterocycles. The van der Waals surface area contributed by atoms with Gasteiger partial charge in [0.1, 0.15) is 23.8 Å². The van der Waals surface area contributed by atoms with E-state index in [1.807, 2.05) is 4.90 Å². The molecular weight excluding hydrogens is 522 g/mol. The van der Waals surface area contributed by atoms with Crippen molar-refractivity contribution in [3.63, 3.8) is 0 Å². The van der Waals surface area contributed by atoms with Crippen LogP contribution in [0.15, 0.2) is 24.5 Å². The van der Waals surface area contributed by atoms with E-state index in [9.17, 15) is 22.8 Å². The molecule has 0 aliphatic carbocycles. The van der Waals surface area contributed by atoms with E-state index in [0.29, 0.717) is 16.6 Å². The summed E-state index contributed by atoms with van der Waals surface area (Å²) in [5.74, 6) is -3.91. The topological polar surface area (TPSA) is 129 Å². The standard InChI is InChI=1S/C25H27F4N7O3/c1-13-6-17(26)16(8-15(13)23(37)33-19-11-35(24(38)39)10-18(19)27)20-7-14(21-22(30)31-12-32-36(20)21)9-34-4-2-25(28,29)3-5-34/h6-8,12,18-19H,2-5,9-11H2,1H3,(H,33,37)(H,38,39)(H2,30,31,32)/t18-,19+/m0/s1. The van der Waals surface area contributed by atoms with Crippen molar-refractivity contribution >= 4 is 23.3 Å². The van der Waals surface area contributed by atoms with Gasteiger partial charge in [-0.3, -0.25) is 9.69 Å². The quantitative estimate of drug-likeness (QED) is 0.417. The molecule has 0 bridgehead atoms. The summed E-state index contributed by atoms with van der Waals surface area (Å²) in [6.45, 7) is 1.57. The lowest BCUT2D eigenvalue weighted by Crippen LogP contribution is -2.42. The Morgan fingerprint density at radius 2 is 1.92 bits per heavy atom. The number of amides is 2. The molecule has 4 heterocycles. The number of carboxylic acid groups (broad SMARTS) is 1. The number of alkyl halides is 3. The fourth-order valence-electron chi connectivity index (χ4n) is 5.15. The van der Waals surface area contributed by atoms with E-state index in [-0.39, 0.29) is 68.2 Å². The third-order valence-electron chi connectivity index (χ3n) is 7.31. The highest BCUT2D eigenvalue weighted by Crippen LogP contribution is 2.34. The average molecular weight is 550 g/mol. The highest BCUT2D eigenvalue weighted by molar-refractivity contribution is 5.97. The molecule has 1 aromatic carbocycles. The van der Waals surface area contributed by atoms with Crippen LogP contribution in [0.1, 0.15) is 34.3 Å². The summed E-state index contributed by atoms with van der Waals surface area (Å²) in [5, 5.41) is 15.9. The molecule has 5 rings (SSSR count). The Hall–Kier alpha value is -3.94. The number of benzene rings is 1. The molecular formula is C25H27F4N7O3. The molecule has 0 radical (unpaired) electrons. The Kier molecular flexibility index (Phi) is 6.83. The normalized spacial score (nSPS) is 21.4. The van der Waals surface area contributed by atoms with Gasteiger partial charge in [0.05, 0.1) is 18.3 Å². The summed E-state index contributed by atoms with van der Waals surface area (Å²) in [6.07, 6.45) is -2.21. The molecule has 2 aliphatic rings. The maximum absolute atomic E-state index is 15.3. The first kappa shape index (κ1) is 26.7. The number of nitrogens with one attached hydrogen (secondary N) is 1. The zero-order chi connectivity index (χ0) is 28.1. The molecule has 2 atom stereocenters. The lowest BCUT2D eigenvalue weighted by atomic mass is 10.0. The van der Waals surface area contributed by atoms with E-state index in [4.69, 9.17) is 10.8 Å². The van der Waals surface area contributed by atoms with Gasteiger partial charge in [-0.25, -0.2) is 31.9 Å². The number of fused-ring (bicyclic) bond motifs is 1. The first-order valence-corrected chi connectivity index (χ1v) is 12.4. The van der Waals surface area contributed by atoms with Gasteiger partial charge in [-0.15, -0.1) is 0 Å². The highest BCUT2D eigenvalue weighted by Gasteiger charge is 2.37. The fraction of sp³-hybridized carbons (Fsp3) is 0.440. The second kappa shape index (κ2) is 9.98. The summed E-state index contributed by atoms with van der Waals surface area (Å²) in [6, 6.07) is 3.09. The number of piperidine rings is 1. The molecule has 0 unspecified atom stereocenters. The molecule has 0 saturated carbocycles. The lowest BCUT2D eigenvalue weighted by Gasteiger charge is -2.31. The first-order chi connectivity index (χ1) is 18.4. The molecule has 39 heavy (non-hydrogen) atoms. The number of aromatic nitrogens is 3. The molecule has 10 nitrogen and oxygen atoms in total. The predicted octanol–water partition coefficient (Wildman–Crippen LogP) is 3.09.